The maximum Gasteiger partial charge on any atom is 0.118 e. The number of nitrogens with two attached hydrogens (primary N) is 1. The number of benzene rings is 1. The van der Waals surface area contributed by atoms with Gasteiger partial charge in [-0.2, -0.15) is 0 Å². The largest absolute Gasteiger partial charge is 0.497 e. The Labute approximate surface area is 73.3 Å². The van der Waals surface area contributed by atoms with Crippen LogP contribution in [0.15, 0.2) is 24.3 Å². The van der Waals surface area contributed by atoms with Crippen LogP contribution in [0.3, 0.4) is 0 Å². The van der Waals surface area contributed by atoms with Crippen molar-refractivity contribution in [3.63, 3.8) is 0 Å². The highest BCUT2D eigenvalue weighted by atomic mass is 16.5. The van der Waals surface area contributed by atoms with Gasteiger partial charge in [-0.25, -0.2) is 0 Å². The van der Waals surface area contributed by atoms with Crippen molar-refractivity contribution in [1.29, 1.82) is 0 Å². The van der Waals surface area contributed by atoms with Crippen LogP contribution in [0.4, 0.5) is 0 Å². The van der Waals surface area contributed by atoms with Crippen molar-refractivity contribution < 1.29 is 4.74 Å². The third-order valence-corrected chi connectivity index (χ3v) is 1.98. The minimum absolute atomic E-state index is 0.149. The number of hydrogen-bond acceptors (Lipinski definition) is 2. The zero-order valence-corrected chi connectivity index (χ0v) is 7.58. The highest BCUT2D eigenvalue weighted by Gasteiger charge is 2.01. The second kappa shape index (κ2) is 4.12. The van der Waals surface area contributed by atoms with Gasteiger partial charge in [-0.15, -0.1) is 0 Å². The molecule has 0 amide bonds. The van der Waals surface area contributed by atoms with Gasteiger partial charge in [0.2, 0.25) is 0 Å². The molecule has 0 spiro atoms. The first-order valence-electron chi connectivity index (χ1n) is 4.17. The van der Waals surface area contributed by atoms with Crippen molar-refractivity contribution in [1.82, 2.24) is 0 Å². The Morgan fingerprint density at radius 3 is 2.33 bits per heavy atom. The average Bonchev–Trinajstić information content (AvgIpc) is 2.17. The van der Waals surface area contributed by atoms with E-state index in [9.17, 15) is 0 Å². The summed E-state index contributed by atoms with van der Waals surface area (Å²) >= 11 is 0. The zero-order chi connectivity index (χ0) is 8.97. The first-order valence-corrected chi connectivity index (χ1v) is 4.17. The fraction of sp³-hybridized carbons (Fsp3) is 0.400. The lowest BCUT2D eigenvalue weighted by Gasteiger charge is -2.09. The molecule has 0 aliphatic rings. The normalized spacial score (nSPS) is 12.6. The summed E-state index contributed by atoms with van der Waals surface area (Å²) in [5.74, 6) is 0.877. The molecule has 1 unspecified atom stereocenters. The van der Waals surface area contributed by atoms with Gasteiger partial charge in [0, 0.05) is 6.04 Å². The van der Waals surface area contributed by atoms with E-state index in [1.807, 2.05) is 24.3 Å². The first-order chi connectivity index (χ1) is 5.77. The molecule has 0 saturated heterocycles. The fourth-order valence-electron chi connectivity index (χ4n) is 1.09. The van der Waals surface area contributed by atoms with Crippen molar-refractivity contribution in [2.75, 3.05) is 7.11 Å². The highest BCUT2D eigenvalue weighted by Crippen LogP contribution is 2.17. The number of hydrogen-bond donors (Lipinski definition) is 1. The smallest absolute Gasteiger partial charge is 0.118 e. The third kappa shape index (κ3) is 1.98. The molecule has 0 bridgehead atoms. The summed E-state index contributed by atoms with van der Waals surface area (Å²) in [5, 5.41) is 0. The zero-order valence-electron chi connectivity index (χ0n) is 7.58. The highest BCUT2D eigenvalue weighted by molar-refractivity contribution is 5.28. The minimum Gasteiger partial charge on any atom is -0.497 e. The van der Waals surface area contributed by atoms with E-state index in [0.29, 0.717) is 0 Å². The molecule has 1 atom stereocenters. The quantitative estimate of drug-likeness (QED) is 0.744. The van der Waals surface area contributed by atoms with Gasteiger partial charge in [0.1, 0.15) is 5.75 Å². The van der Waals surface area contributed by atoms with Gasteiger partial charge < -0.3 is 10.5 Å². The fourth-order valence-corrected chi connectivity index (χ4v) is 1.09. The molecule has 0 fully saturated rings. The summed E-state index contributed by atoms with van der Waals surface area (Å²) in [6.45, 7) is 2.08. The van der Waals surface area contributed by atoms with E-state index in [-0.39, 0.29) is 6.04 Å². The van der Waals surface area contributed by atoms with E-state index in [0.717, 1.165) is 12.2 Å². The van der Waals surface area contributed by atoms with Crippen molar-refractivity contribution in [3.05, 3.63) is 29.8 Å². The molecule has 2 N–H and O–H groups in total. The average molecular weight is 165 g/mol. The maximum absolute atomic E-state index is 5.84. The number of ether oxygens (including phenoxy) is 1. The Hall–Kier alpha value is -1.02. The van der Waals surface area contributed by atoms with E-state index in [1.165, 1.54) is 5.56 Å². The molecule has 66 valence electrons. The Kier molecular flexibility index (Phi) is 3.11. The van der Waals surface area contributed by atoms with Gasteiger partial charge in [-0.05, 0) is 24.1 Å². The second-order valence-corrected chi connectivity index (χ2v) is 2.79. The van der Waals surface area contributed by atoms with Gasteiger partial charge >= 0.3 is 0 Å². The molecule has 0 radical (unpaired) electrons. The molecule has 1 aromatic carbocycles. The van der Waals surface area contributed by atoms with E-state index in [4.69, 9.17) is 10.5 Å². The van der Waals surface area contributed by atoms with Crippen LogP contribution in [0.5, 0.6) is 5.75 Å². The Morgan fingerprint density at radius 2 is 1.92 bits per heavy atom. The summed E-state index contributed by atoms with van der Waals surface area (Å²) in [7, 11) is 1.66. The summed E-state index contributed by atoms with van der Waals surface area (Å²) in [6.07, 6.45) is 0.965. The number of methoxy groups -OCH3 is 1. The summed E-state index contributed by atoms with van der Waals surface area (Å²) in [4.78, 5) is 0. The van der Waals surface area contributed by atoms with Crippen LogP contribution in [-0.2, 0) is 0 Å². The van der Waals surface area contributed by atoms with Crippen LogP contribution in [-0.4, -0.2) is 7.11 Å². The monoisotopic (exact) mass is 165 g/mol. The second-order valence-electron chi connectivity index (χ2n) is 2.79. The topological polar surface area (TPSA) is 35.2 Å². The standard InChI is InChI=1S/C10H15NO/c1-3-10(11)8-4-6-9(12-2)7-5-8/h4-7,10H,3,11H2,1-2H3. The molecule has 12 heavy (non-hydrogen) atoms. The van der Waals surface area contributed by atoms with Crippen LogP contribution >= 0.6 is 0 Å². The van der Waals surface area contributed by atoms with E-state index >= 15 is 0 Å². The Balaban J connectivity index is 2.77. The molecule has 2 nitrogen and oxygen atoms in total. The van der Waals surface area contributed by atoms with Crippen LogP contribution in [0.1, 0.15) is 24.9 Å². The van der Waals surface area contributed by atoms with Crippen LogP contribution in [0, 0.1) is 0 Å². The van der Waals surface area contributed by atoms with Crippen molar-refractivity contribution in [2.45, 2.75) is 19.4 Å². The van der Waals surface area contributed by atoms with E-state index in [2.05, 4.69) is 6.92 Å². The Morgan fingerprint density at radius 1 is 1.33 bits per heavy atom. The van der Waals surface area contributed by atoms with Gasteiger partial charge in [0.25, 0.3) is 0 Å². The molecular formula is C10H15NO. The van der Waals surface area contributed by atoms with E-state index < -0.39 is 0 Å². The summed E-state index contributed by atoms with van der Waals surface area (Å²) < 4.78 is 5.04. The van der Waals surface area contributed by atoms with Crippen LogP contribution < -0.4 is 10.5 Å². The molecule has 1 rings (SSSR count). The first kappa shape index (κ1) is 9.07. The number of rotatable bonds is 3. The minimum atomic E-state index is 0.149. The molecule has 1 aromatic rings. The van der Waals surface area contributed by atoms with Crippen molar-refractivity contribution in [2.24, 2.45) is 5.73 Å². The van der Waals surface area contributed by atoms with Gasteiger partial charge in [0.05, 0.1) is 7.11 Å². The van der Waals surface area contributed by atoms with Crippen molar-refractivity contribution in [3.8, 4) is 5.75 Å². The van der Waals surface area contributed by atoms with Gasteiger partial charge in [0.15, 0.2) is 0 Å². The van der Waals surface area contributed by atoms with Gasteiger partial charge in [-0.1, -0.05) is 19.1 Å². The predicted octanol–water partition coefficient (Wildman–Crippen LogP) is 2.10. The molecule has 0 aromatic heterocycles. The maximum atomic E-state index is 5.84. The van der Waals surface area contributed by atoms with E-state index in [1.54, 1.807) is 7.11 Å². The molecule has 0 aliphatic heterocycles. The summed E-state index contributed by atoms with van der Waals surface area (Å²) in [6, 6.07) is 8.03. The molecule has 0 aliphatic carbocycles. The van der Waals surface area contributed by atoms with Crippen molar-refractivity contribution >= 4 is 0 Å². The molecule has 0 heterocycles. The lowest BCUT2D eigenvalue weighted by molar-refractivity contribution is 0.414. The SMILES string of the molecule is CCC(N)c1ccc(OC)cc1. The third-order valence-electron chi connectivity index (χ3n) is 1.98. The lowest BCUT2D eigenvalue weighted by atomic mass is 10.1. The lowest BCUT2D eigenvalue weighted by Crippen LogP contribution is -2.07. The summed E-state index contributed by atoms with van der Waals surface area (Å²) in [5.41, 5.74) is 7.01. The molecular weight excluding hydrogens is 150 g/mol. The Bertz CT molecular complexity index is 230. The molecule has 2 heteroatoms. The van der Waals surface area contributed by atoms with Crippen LogP contribution in [0.2, 0.25) is 0 Å². The van der Waals surface area contributed by atoms with Gasteiger partial charge in [-0.3, -0.25) is 0 Å². The molecule has 0 saturated carbocycles. The predicted molar refractivity (Wildman–Crippen MR) is 50.2 cm³/mol. The van der Waals surface area contributed by atoms with Crippen LogP contribution in [0.25, 0.3) is 0 Å².